The van der Waals surface area contributed by atoms with E-state index in [9.17, 15) is 0 Å². The minimum absolute atomic E-state index is 0.598. The van der Waals surface area contributed by atoms with Gasteiger partial charge in [-0.1, -0.05) is 27.7 Å². The van der Waals surface area contributed by atoms with Crippen molar-refractivity contribution in [1.82, 2.24) is 25.0 Å². The van der Waals surface area contributed by atoms with Gasteiger partial charge in [-0.05, 0) is 31.2 Å². The summed E-state index contributed by atoms with van der Waals surface area (Å²) in [6.07, 6.45) is 4.30. The van der Waals surface area contributed by atoms with Gasteiger partial charge in [0.05, 0.1) is 6.54 Å². The fourth-order valence-corrected chi connectivity index (χ4v) is 3.05. The molecule has 0 amide bonds. The van der Waals surface area contributed by atoms with E-state index in [-0.39, 0.29) is 0 Å². The normalized spacial score (nSPS) is 19.3. The lowest BCUT2D eigenvalue weighted by atomic mass is 10.1. The number of nitrogens with one attached hydrogen (secondary N) is 1. The highest BCUT2D eigenvalue weighted by Crippen LogP contribution is 2.12. The minimum atomic E-state index is 0.598. The summed E-state index contributed by atoms with van der Waals surface area (Å²) in [7, 11) is 0. The Bertz CT molecular complexity index is 407. The van der Waals surface area contributed by atoms with Gasteiger partial charge in [-0.25, -0.2) is 9.67 Å². The molecule has 5 nitrogen and oxygen atoms in total. The van der Waals surface area contributed by atoms with Gasteiger partial charge in [-0.3, -0.25) is 4.90 Å². The molecule has 1 atom stereocenters. The first-order valence-corrected chi connectivity index (χ1v) is 8.37. The molecule has 0 spiro atoms. The van der Waals surface area contributed by atoms with Crippen molar-refractivity contribution in [3.63, 3.8) is 0 Å². The zero-order valence-electron chi connectivity index (χ0n) is 14.0. The smallest absolute Gasteiger partial charge is 0.141 e. The van der Waals surface area contributed by atoms with Gasteiger partial charge in [0.15, 0.2) is 0 Å². The van der Waals surface area contributed by atoms with Gasteiger partial charge in [-0.15, -0.1) is 0 Å². The summed E-state index contributed by atoms with van der Waals surface area (Å²) in [6.45, 7) is 14.3. The van der Waals surface area contributed by atoms with Crippen LogP contribution in [0, 0.1) is 11.8 Å². The van der Waals surface area contributed by atoms with Crippen LogP contribution in [0.15, 0.2) is 6.33 Å². The van der Waals surface area contributed by atoms with Crippen molar-refractivity contribution in [2.24, 2.45) is 11.8 Å². The average molecular weight is 293 g/mol. The third-order valence-corrected chi connectivity index (χ3v) is 3.86. The first-order chi connectivity index (χ1) is 10.0. The lowest BCUT2D eigenvalue weighted by Crippen LogP contribution is -2.39. The summed E-state index contributed by atoms with van der Waals surface area (Å²) < 4.78 is 2.07. The number of hydrogen-bond donors (Lipinski definition) is 1. The molecule has 1 saturated heterocycles. The third-order valence-electron chi connectivity index (χ3n) is 3.86. The summed E-state index contributed by atoms with van der Waals surface area (Å²) >= 11 is 0. The maximum Gasteiger partial charge on any atom is 0.141 e. The molecule has 2 heterocycles. The predicted molar refractivity (Wildman–Crippen MR) is 86.0 cm³/mol. The van der Waals surface area contributed by atoms with Gasteiger partial charge in [0.25, 0.3) is 0 Å². The standard InChI is InChI=1S/C16H31N5/c1-13(2)8-20(10-15-6-5-7-17-15)11-16-18-12-19-21(16)9-14(3)4/h12-15,17H,5-11H2,1-4H3. The number of rotatable bonds is 8. The van der Waals surface area contributed by atoms with Crippen LogP contribution in [0.4, 0.5) is 0 Å². The molecule has 0 radical (unpaired) electrons. The van der Waals surface area contributed by atoms with E-state index < -0.39 is 0 Å². The van der Waals surface area contributed by atoms with Crippen LogP contribution in [-0.4, -0.2) is 45.3 Å². The van der Waals surface area contributed by atoms with E-state index in [1.165, 1.54) is 19.4 Å². The average Bonchev–Trinajstić information content (AvgIpc) is 3.01. The van der Waals surface area contributed by atoms with Crippen molar-refractivity contribution >= 4 is 0 Å². The second-order valence-electron chi connectivity index (χ2n) is 7.13. The Morgan fingerprint density at radius 3 is 2.76 bits per heavy atom. The molecule has 1 N–H and O–H groups in total. The number of nitrogens with zero attached hydrogens (tertiary/aromatic N) is 4. The maximum atomic E-state index is 4.48. The molecule has 1 aromatic heterocycles. The van der Waals surface area contributed by atoms with Gasteiger partial charge < -0.3 is 5.32 Å². The molecule has 1 fully saturated rings. The molecule has 0 saturated carbocycles. The first kappa shape index (κ1) is 16.4. The molecule has 0 aliphatic carbocycles. The highest BCUT2D eigenvalue weighted by atomic mass is 15.3. The van der Waals surface area contributed by atoms with Crippen molar-refractivity contribution in [2.45, 2.75) is 59.7 Å². The lowest BCUT2D eigenvalue weighted by molar-refractivity contribution is 0.206. The highest BCUT2D eigenvalue weighted by molar-refractivity contribution is 4.87. The van der Waals surface area contributed by atoms with Crippen molar-refractivity contribution < 1.29 is 0 Å². The molecule has 21 heavy (non-hydrogen) atoms. The molecule has 0 aromatic carbocycles. The van der Waals surface area contributed by atoms with Gasteiger partial charge in [0, 0.05) is 25.7 Å². The Kier molecular flexibility index (Phi) is 6.18. The van der Waals surface area contributed by atoms with Gasteiger partial charge in [-0.2, -0.15) is 5.10 Å². The van der Waals surface area contributed by atoms with Crippen LogP contribution in [0.1, 0.15) is 46.4 Å². The Balaban J connectivity index is 1.98. The first-order valence-electron chi connectivity index (χ1n) is 8.37. The Morgan fingerprint density at radius 1 is 1.33 bits per heavy atom. The van der Waals surface area contributed by atoms with Crippen LogP contribution < -0.4 is 5.32 Å². The second-order valence-corrected chi connectivity index (χ2v) is 7.13. The third kappa shape index (κ3) is 5.40. The molecule has 1 aliphatic heterocycles. The molecule has 120 valence electrons. The predicted octanol–water partition coefficient (Wildman–Crippen LogP) is 2.14. The van der Waals surface area contributed by atoms with E-state index >= 15 is 0 Å². The lowest BCUT2D eigenvalue weighted by Gasteiger charge is -2.27. The topological polar surface area (TPSA) is 46.0 Å². The Labute approximate surface area is 129 Å². The van der Waals surface area contributed by atoms with E-state index in [0.29, 0.717) is 17.9 Å². The summed E-state index contributed by atoms with van der Waals surface area (Å²) in [4.78, 5) is 7.02. The number of aromatic nitrogens is 3. The monoisotopic (exact) mass is 293 g/mol. The van der Waals surface area contributed by atoms with Crippen molar-refractivity contribution in [1.29, 1.82) is 0 Å². The molecular weight excluding hydrogens is 262 g/mol. The number of hydrogen-bond acceptors (Lipinski definition) is 4. The molecule has 1 aliphatic rings. The van der Waals surface area contributed by atoms with E-state index in [1.807, 2.05) is 0 Å². The largest absolute Gasteiger partial charge is 0.313 e. The van der Waals surface area contributed by atoms with Crippen LogP contribution in [-0.2, 0) is 13.1 Å². The van der Waals surface area contributed by atoms with E-state index in [4.69, 9.17) is 0 Å². The SMILES string of the molecule is CC(C)CN(Cc1ncnn1CC(C)C)CC1CCCN1. The van der Waals surface area contributed by atoms with E-state index in [1.54, 1.807) is 6.33 Å². The van der Waals surface area contributed by atoms with E-state index in [0.717, 1.165) is 32.0 Å². The van der Waals surface area contributed by atoms with Crippen LogP contribution in [0.5, 0.6) is 0 Å². The quantitative estimate of drug-likeness (QED) is 0.798. The molecular formula is C16H31N5. The van der Waals surface area contributed by atoms with Gasteiger partial charge in [0.2, 0.25) is 0 Å². The fraction of sp³-hybridized carbons (Fsp3) is 0.875. The van der Waals surface area contributed by atoms with Crippen LogP contribution in [0.3, 0.4) is 0 Å². The summed E-state index contributed by atoms with van der Waals surface area (Å²) in [5, 5.41) is 7.99. The summed E-state index contributed by atoms with van der Waals surface area (Å²) in [6, 6.07) is 0.644. The van der Waals surface area contributed by atoms with Crippen molar-refractivity contribution in [3.05, 3.63) is 12.2 Å². The van der Waals surface area contributed by atoms with Gasteiger partial charge in [0.1, 0.15) is 12.2 Å². The Morgan fingerprint density at radius 2 is 2.14 bits per heavy atom. The molecule has 5 heteroatoms. The van der Waals surface area contributed by atoms with E-state index in [2.05, 4.69) is 52.7 Å². The zero-order valence-corrected chi connectivity index (χ0v) is 14.0. The van der Waals surface area contributed by atoms with Crippen LogP contribution in [0.25, 0.3) is 0 Å². The fourth-order valence-electron chi connectivity index (χ4n) is 3.05. The van der Waals surface area contributed by atoms with Crippen molar-refractivity contribution in [3.8, 4) is 0 Å². The van der Waals surface area contributed by atoms with Crippen molar-refractivity contribution in [2.75, 3.05) is 19.6 Å². The van der Waals surface area contributed by atoms with Gasteiger partial charge >= 0.3 is 0 Å². The second kappa shape index (κ2) is 7.90. The molecule has 2 rings (SSSR count). The maximum absolute atomic E-state index is 4.48. The zero-order chi connectivity index (χ0) is 15.2. The highest BCUT2D eigenvalue weighted by Gasteiger charge is 2.20. The molecule has 1 aromatic rings. The van der Waals surface area contributed by atoms with Crippen LogP contribution >= 0.6 is 0 Å². The summed E-state index contributed by atoms with van der Waals surface area (Å²) in [5.41, 5.74) is 0. The van der Waals surface area contributed by atoms with Crippen LogP contribution in [0.2, 0.25) is 0 Å². The Hall–Kier alpha value is -0.940. The molecule has 1 unspecified atom stereocenters. The summed E-state index contributed by atoms with van der Waals surface area (Å²) in [5.74, 6) is 2.37. The molecule has 0 bridgehead atoms. The minimum Gasteiger partial charge on any atom is -0.313 e.